The molecule has 0 spiro atoms. The van der Waals surface area contributed by atoms with Crippen molar-refractivity contribution in [1.29, 1.82) is 0 Å². The van der Waals surface area contributed by atoms with Gasteiger partial charge in [-0.15, -0.1) is 0 Å². The van der Waals surface area contributed by atoms with Crippen molar-refractivity contribution in [1.82, 2.24) is 13.9 Å². The fraction of sp³-hybridized carbons (Fsp3) is 0.600. The Morgan fingerprint density at radius 2 is 2.09 bits per heavy atom. The van der Waals surface area contributed by atoms with E-state index in [1.807, 2.05) is 0 Å². The quantitative estimate of drug-likeness (QED) is 0.892. The molecule has 0 radical (unpaired) electrons. The zero-order valence-corrected chi connectivity index (χ0v) is 14.6. The summed E-state index contributed by atoms with van der Waals surface area (Å²) in [5.74, 6) is -0.490. The third kappa shape index (κ3) is 3.53. The van der Waals surface area contributed by atoms with E-state index in [1.54, 1.807) is 6.07 Å². The summed E-state index contributed by atoms with van der Waals surface area (Å²) in [7, 11) is -2.17. The average molecular weight is 362 g/mol. The van der Waals surface area contributed by atoms with Gasteiger partial charge in [0.05, 0.1) is 0 Å². The van der Waals surface area contributed by atoms with Crippen LogP contribution in [0.2, 0.25) is 5.02 Å². The van der Waals surface area contributed by atoms with Crippen molar-refractivity contribution in [3.8, 4) is 0 Å². The summed E-state index contributed by atoms with van der Waals surface area (Å²) < 4.78 is 42.2. The summed E-state index contributed by atoms with van der Waals surface area (Å²) in [6, 6.07) is 4.98. The van der Waals surface area contributed by atoms with Crippen molar-refractivity contribution in [3.63, 3.8) is 0 Å². The Labute approximate surface area is 141 Å². The van der Waals surface area contributed by atoms with Gasteiger partial charge in [0.1, 0.15) is 5.82 Å². The van der Waals surface area contributed by atoms with Crippen molar-refractivity contribution in [2.45, 2.75) is 37.9 Å². The van der Waals surface area contributed by atoms with Gasteiger partial charge in [-0.1, -0.05) is 17.7 Å². The van der Waals surface area contributed by atoms with Crippen LogP contribution in [0.3, 0.4) is 0 Å². The zero-order chi connectivity index (χ0) is 16.6. The lowest BCUT2D eigenvalue weighted by Gasteiger charge is -2.28. The number of halogens is 2. The minimum atomic E-state index is -3.64. The maximum Gasteiger partial charge on any atom is 0.282 e. The first-order valence-corrected chi connectivity index (χ1v) is 9.56. The Balaban J connectivity index is 1.76. The summed E-state index contributed by atoms with van der Waals surface area (Å²) >= 11 is 6.00. The summed E-state index contributed by atoms with van der Waals surface area (Å²) in [6.07, 6.45) is 2.92. The molecule has 3 rings (SSSR count). The van der Waals surface area contributed by atoms with Crippen LogP contribution in [-0.4, -0.2) is 49.2 Å². The fourth-order valence-electron chi connectivity index (χ4n) is 3.31. The first-order chi connectivity index (χ1) is 10.9. The smallest absolute Gasteiger partial charge is 0.282 e. The molecule has 2 unspecified atom stereocenters. The van der Waals surface area contributed by atoms with E-state index >= 15 is 0 Å². The number of rotatable bonds is 4. The van der Waals surface area contributed by atoms with Gasteiger partial charge in [0.15, 0.2) is 0 Å². The molecular weight excluding hydrogens is 341 g/mol. The first-order valence-electron chi connectivity index (χ1n) is 7.78. The number of nitrogens with zero attached hydrogens (tertiary/aromatic N) is 2. The molecule has 2 fully saturated rings. The molecule has 5 nitrogen and oxygen atoms in total. The SMILES string of the molecule is CN(Cc1c(F)cccc1Cl)S(=O)(=O)N1CCC2CCC(C1)N2. The second-order valence-electron chi connectivity index (χ2n) is 6.25. The second-order valence-corrected chi connectivity index (χ2v) is 8.69. The largest absolute Gasteiger partial charge is 0.310 e. The van der Waals surface area contributed by atoms with Crippen molar-refractivity contribution >= 4 is 21.8 Å². The summed E-state index contributed by atoms with van der Waals surface area (Å²) in [6.45, 7) is 0.881. The highest BCUT2D eigenvalue weighted by atomic mass is 35.5. The van der Waals surface area contributed by atoms with Crippen molar-refractivity contribution in [2.75, 3.05) is 20.1 Å². The van der Waals surface area contributed by atoms with E-state index in [4.69, 9.17) is 11.6 Å². The third-order valence-corrected chi connectivity index (χ3v) is 6.90. The molecule has 2 aliphatic rings. The van der Waals surface area contributed by atoms with Crippen molar-refractivity contribution < 1.29 is 12.8 Å². The van der Waals surface area contributed by atoms with Gasteiger partial charge in [0.2, 0.25) is 0 Å². The highest BCUT2D eigenvalue weighted by molar-refractivity contribution is 7.86. The van der Waals surface area contributed by atoms with E-state index in [2.05, 4.69) is 5.32 Å². The first kappa shape index (κ1) is 17.1. The lowest BCUT2D eigenvalue weighted by molar-refractivity contribution is 0.339. The molecule has 0 amide bonds. The van der Waals surface area contributed by atoms with Crippen LogP contribution < -0.4 is 5.32 Å². The molecule has 1 aromatic rings. The van der Waals surface area contributed by atoms with Crippen LogP contribution >= 0.6 is 11.6 Å². The Morgan fingerprint density at radius 1 is 1.35 bits per heavy atom. The van der Waals surface area contributed by atoms with Gasteiger partial charge in [0.25, 0.3) is 10.2 Å². The Morgan fingerprint density at radius 3 is 2.83 bits per heavy atom. The third-order valence-electron chi connectivity index (χ3n) is 4.65. The Kier molecular flexibility index (Phi) is 4.94. The van der Waals surface area contributed by atoms with Gasteiger partial charge >= 0.3 is 0 Å². The lowest BCUT2D eigenvalue weighted by atomic mass is 10.1. The average Bonchev–Trinajstić information content (AvgIpc) is 2.81. The Hall–Kier alpha value is -0.730. The summed E-state index contributed by atoms with van der Waals surface area (Å²) in [5.41, 5.74) is 0.203. The van der Waals surface area contributed by atoms with Crippen LogP contribution in [0.15, 0.2) is 18.2 Å². The minimum absolute atomic E-state index is 0.0775. The predicted molar refractivity (Wildman–Crippen MR) is 87.9 cm³/mol. The molecule has 23 heavy (non-hydrogen) atoms. The lowest BCUT2D eigenvalue weighted by Crippen LogP contribution is -2.45. The molecule has 2 bridgehead atoms. The van der Waals surface area contributed by atoms with E-state index < -0.39 is 16.0 Å². The van der Waals surface area contributed by atoms with Gasteiger partial charge in [0, 0.05) is 49.4 Å². The number of hydrogen-bond acceptors (Lipinski definition) is 3. The molecule has 0 aliphatic carbocycles. The van der Waals surface area contributed by atoms with E-state index in [9.17, 15) is 12.8 Å². The van der Waals surface area contributed by atoms with Gasteiger partial charge in [-0.3, -0.25) is 0 Å². The minimum Gasteiger partial charge on any atom is -0.310 e. The number of nitrogens with one attached hydrogen (secondary N) is 1. The maximum atomic E-state index is 13.9. The standard InChI is InChI=1S/C15H21ClFN3O2S/c1-19(10-13-14(16)3-2-4-15(13)17)23(21,22)20-8-7-11-5-6-12(9-20)18-11/h2-4,11-12,18H,5-10H2,1H3. The molecule has 2 aliphatic heterocycles. The van der Waals surface area contributed by atoms with Crippen molar-refractivity contribution in [3.05, 3.63) is 34.6 Å². The van der Waals surface area contributed by atoms with E-state index in [0.717, 1.165) is 19.3 Å². The van der Waals surface area contributed by atoms with Crippen LogP contribution in [0.1, 0.15) is 24.8 Å². The predicted octanol–water partition coefficient (Wildman–Crippen LogP) is 1.98. The molecule has 2 heterocycles. The summed E-state index contributed by atoms with van der Waals surface area (Å²) in [5, 5.41) is 3.70. The van der Waals surface area contributed by atoms with Gasteiger partial charge in [-0.2, -0.15) is 17.0 Å². The molecule has 1 aromatic carbocycles. The van der Waals surface area contributed by atoms with Gasteiger partial charge in [-0.05, 0) is 31.4 Å². The van der Waals surface area contributed by atoms with Crippen LogP contribution in [0.5, 0.6) is 0 Å². The monoisotopic (exact) mass is 361 g/mol. The van der Waals surface area contributed by atoms with Crippen molar-refractivity contribution in [2.24, 2.45) is 0 Å². The van der Waals surface area contributed by atoms with Crippen LogP contribution in [-0.2, 0) is 16.8 Å². The molecule has 1 N–H and O–H groups in total. The molecule has 128 valence electrons. The number of hydrogen-bond donors (Lipinski definition) is 1. The van der Waals surface area contributed by atoms with E-state index in [0.29, 0.717) is 19.1 Å². The van der Waals surface area contributed by atoms with E-state index in [-0.39, 0.29) is 23.2 Å². The zero-order valence-electron chi connectivity index (χ0n) is 13.0. The molecule has 0 saturated carbocycles. The maximum absolute atomic E-state index is 13.9. The van der Waals surface area contributed by atoms with Crippen LogP contribution in [0.25, 0.3) is 0 Å². The highest BCUT2D eigenvalue weighted by Gasteiger charge is 2.36. The molecule has 8 heteroatoms. The molecule has 2 atom stereocenters. The topological polar surface area (TPSA) is 52.7 Å². The second kappa shape index (κ2) is 6.64. The number of benzene rings is 1. The highest BCUT2D eigenvalue weighted by Crippen LogP contribution is 2.25. The molecular formula is C15H21ClFN3O2S. The molecule has 0 aromatic heterocycles. The van der Waals surface area contributed by atoms with Gasteiger partial charge in [-0.25, -0.2) is 4.39 Å². The molecule has 2 saturated heterocycles. The van der Waals surface area contributed by atoms with E-state index in [1.165, 1.54) is 27.8 Å². The fourth-order valence-corrected chi connectivity index (χ4v) is 4.92. The van der Waals surface area contributed by atoms with Crippen LogP contribution in [0, 0.1) is 5.82 Å². The van der Waals surface area contributed by atoms with Crippen LogP contribution in [0.4, 0.5) is 4.39 Å². The van der Waals surface area contributed by atoms with Gasteiger partial charge < -0.3 is 5.32 Å². The Bertz CT molecular complexity index is 665. The normalized spacial score (nSPS) is 25.7. The number of fused-ring (bicyclic) bond motifs is 2. The summed E-state index contributed by atoms with van der Waals surface area (Å²) in [4.78, 5) is 0.